The van der Waals surface area contributed by atoms with Gasteiger partial charge in [-0.3, -0.25) is 0 Å². The summed E-state index contributed by atoms with van der Waals surface area (Å²) in [5, 5.41) is 7.87. The van der Waals surface area contributed by atoms with E-state index in [9.17, 15) is 0 Å². The topological polar surface area (TPSA) is 24.1 Å². The molecule has 2 nitrogen and oxygen atoms in total. The maximum atomic E-state index is 5.93. The Bertz CT molecular complexity index is 592. The zero-order valence-electron chi connectivity index (χ0n) is 10.9. The van der Waals surface area contributed by atoms with Crippen LogP contribution >= 0.6 is 35.4 Å². The van der Waals surface area contributed by atoms with Crippen molar-refractivity contribution in [1.29, 1.82) is 0 Å². The molecule has 0 amide bonds. The lowest BCUT2D eigenvalue weighted by molar-refractivity contribution is 0.925. The number of rotatable bonds is 3. The number of benzene rings is 2. The fourth-order valence-electron chi connectivity index (χ4n) is 1.69. The highest BCUT2D eigenvalue weighted by atomic mass is 35.5. The molecule has 0 saturated carbocycles. The maximum Gasteiger partial charge on any atom is 0.171 e. The summed E-state index contributed by atoms with van der Waals surface area (Å²) < 4.78 is 0. The molecule has 0 aliphatic rings. The Kier molecular flexibility index (Phi) is 5.24. The van der Waals surface area contributed by atoms with Crippen LogP contribution in [-0.2, 0) is 6.54 Å². The highest BCUT2D eigenvalue weighted by molar-refractivity contribution is 7.80. The molecule has 104 valence electrons. The Morgan fingerprint density at radius 1 is 1.05 bits per heavy atom. The molecule has 2 aromatic rings. The molecule has 2 aromatic carbocycles. The average Bonchev–Trinajstić information content (AvgIpc) is 2.37. The molecule has 0 fully saturated rings. The van der Waals surface area contributed by atoms with Crippen LogP contribution in [0.1, 0.15) is 11.1 Å². The van der Waals surface area contributed by atoms with Crippen molar-refractivity contribution in [2.24, 2.45) is 0 Å². The van der Waals surface area contributed by atoms with Gasteiger partial charge in [-0.15, -0.1) is 0 Å². The van der Waals surface area contributed by atoms with Crippen LogP contribution in [0.25, 0.3) is 0 Å². The summed E-state index contributed by atoms with van der Waals surface area (Å²) >= 11 is 17.1. The van der Waals surface area contributed by atoms with E-state index >= 15 is 0 Å². The number of hydrogen-bond donors (Lipinski definition) is 2. The second-order valence-corrected chi connectivity index (χ2v) is 5.73. The molecule has 0 saturated heterocycles. The Labute approximate surface area is 134 Å². The Balaban J connectivity index is 1.90. The zero-order valence-corrected chi connectivity index (χ0v) is 13.2. The molecule has 0 aliphatic carbocycles. The van der Waals surface area contributed by atoms with Gasteiger partial charge in [-0.2, -0.15) is 0 Å². The first-order chi connectivity index (χ1) is 9.52. The van der Waals surface area contributed by atoms with Gasteiger partial charge in [0.2, 0.25) is 0 Å². The van der Waals surface area contributed by atoms with Crippen molar-refractivity contribution in [3.63, 3.8) is 0 Å². The van der Waals surface area contributed by atoms with Crippen molar-refractivity contribution >= 4 is 46.2 Å². The number of hydrogen-bond acceptors (Lipinski definition) is 1. The molecule has 0 heterocycles. The number of halogens is 2. The van der Waals surface area contributed by atoms with Gasteiger partial charge in [0.05, 0.1) is 0 Å². The third-order valence-electron chi connectivity index (χ3n) is 2.69. The Hall–Kier alpha value is -1.29. The van der Waals surface area contributed by atoms with Crippen molar-refractivity contribution in [3.05, 3.63) is 63.6 Å². The summed E-state index contributed by atoms with van der Waals surface area (Å²) in [5.74, 6) is 0. The number of anilines is 1. The molecule has 0 aliphatic heterocycles. The molecule has 0 unspecified atom stereocenters. The summed E-state index contributed by atoms with van der Waals surface area (Å²) in [5.41, 5.74) is 3.18. The molecular formula is C15H14Cl2N2S. The van der Waals surface area contributed by atoms with Gasteiger partial charge in [0.1, 0.15) is 0 Å². The first-order valence-electron chi connectivity index (χ1n) is 6.09. The van der Waals surface area contributed by atoms with Crippen molar-refractivity contribution < 1.29 is 0 Å². The third-order valence-corrected chi connectivity index (χ3v) is 3.38. The zero-order chi connectivity index (χ0) is 14.5. The molecule has 0 aromatic heterocycles. The molecule has 0 bridgehead atoms. The van der Waals surface area contributed by atoms with Gasteiger partial charge in [-0.05, 0) is 42.9 Å². The van der Waals surface area contributed by atoms with E-state index in [1.54, 1.807) is 18.2 Å². The van der Waals surface area contributed by atoms with Crippen molar-refractivity contribution in [2.75, 3.05) is 5.32 Å². The predicted molar refractivity (Wildman–Crippen MR) is 90.7 cm³/mol. The van der Waals surface area contributed by atoms with Crippen LogP contribution < -0.4 is 10.6 Å². The van der Waals surface area contributed by atoms with Gasteiger partial charge in [-0.1, -0.05) is 53.0 Å². The molecule has 2 rings (SSSR count). The standard InChI is InChI=1S/C15H14Cl2N2S/c1-10-2-4-11(5-3-10)9-18-15(20)19-14-7-12(16)6-13(17)8-14/h2-8H,9H2,1H3,(H2,18,19,20). The highest BCUT2D eigenvalue weighted by Gasteiger charge is 2.01. The first-order valence-corrected chi connectivity index (χ1v) is 7.26. The quantitative estimate of drug-likeness (QED) is 0.794. The molecule has 0 spiro atoms. The van der Waals surface area contributed by atoms with Gasteiger partial charge in [0, 0.05) is 22.3 Å². The molecule has 0 radical (unpaired) electrons. The highest BCUT2D eigenvalue weighted by Crippen LogP contribution is 2.22. The smallest absolute Gasteiger partial charge is 0.171 e. The normalized spacial score (nSPS) is 10.2. The largest absolute Gasteiger partial charge is 0.358 e. The van der Waals surface area contributed by atoms with E-state index in [1.807, 2.05) is 0 Å². The van der Waals surface area contributed by atoms with Crippen molar-refractivity contribution in [1.82, 2.24) is 5.32 Å². The van der Waals surface area contributed by atoms with Crippen molar-refractivity contribution in [2.45, 2.75) is 13.5 Å². The van der Waals surface area contributed by atoms with E-state index in [4.69, 9.17) is 35.4 Å². The summed E-state index contributed by atoms with van der Waals surface area (Å²) in [6.45, 7) is 2.73. The molecular weight excluding hydrogens is 311 g/mol. The fourth-order valence-corrected chi connectivity index (χ4v) is 2.41. The van der Waals surface area contributed by atoms with Crippen LogP contribution in [0.3, 0.4) is 0 Å². The lowest BCUT2D eigenvalue weighted by atomic mass is 10.1. The number of aryl methyl sites for hydroxylation is 1. The molecule has 5 heteroatoms. The maximum absolute atomic E-state index is 5.93. The van der Waals surface area contributed by atoms with Gasteiger partial charge in [0.15, 0.2) is 5.11 Å². The minimum absolute atomic E-state index is 0.531. The summed E-state index contributed by atoms with van der Waals surface area (Å²) in [6, 6.07) is 13.5. The van der Waals surface area contributed by atoms with Crippen LogP contribution in [0.4, 0.5) is 5.69 Å². The van der Waals surface area contributed by atoms with E-state index in [0.29, 0.717) is 21.7 Å². The van der Waals surface area contributed by atoms with E-state index in [2.05, 4.69) is 41.8 Å². The minimum Gasteiger partial charge on any atom is -0.358 e. The minimum atomic E-state index is 0.531. The summed E-state index contributed by atoms with van der Waals surface area (Å²) in [4.78, 5) is 0. The van der Waals surface area contributed by atoms with Crippen LogP contribution in [0, 0.1) is 6.92 Å². The van der Waals surface area contributed by atoms with Crippen LogP contribution in [0.15, 0.2) is 42.5 Å². The van der Waals surface area contributed by atoms with Crippen LogP contribution in [0.5, 0.6) is 0 Å². The van der Waals surface area contributed by atoms with Gasteiger partial charge >= 0.3 is 0 Å². The second kappa shape index (κ2) is 6.93. The second-order valence-electron chi connectivity index (χ2n) is 4.45. The monoisotopic (exact) mass is 324 g/mol. The predicted octanol–water partition coefficient (Wildman–Crippen LogP) is 4.79. The Morgan fingerprint density at radius 2 is 1.65 bits per heavy atom. The van der Waals surface area contributed by atoms with E-state index in [0.717, 1.165) is 5.69 Å². The third kappa shape index (κ3) is 4.67. The van der Waals surface area contributed by atoms with Gasteiger partial charge < -0.3 is 10.6 Å². The van der Waals surface area contributed by atoms with Crippen LogP contribution in [-0.4, -0.2) is 5.11 Å². The van der Waals surface area contributed by atoms with Crippen molar-refractivity contribution in [3.8, 4) is 0 Å². The summed E-state index contributed by atoms with van der Waals surface area (Å²) in [6.07, 6.45) is 0. The SMILES string of the molecule is Cc1ccc(CNC(=S)Nc2cc(Cl)cc(Cl)c2)cc1. The van der Waals surface area contributed by atoms with Gasteiger partial charge in [-0.25, -0.2) is 0 Å². The molecule has 2 N–H and O–H groups in total. The Morgan fingerprint density at radius 3 is 2.25 bits per heavy atom. The molecule has 0 atom stereocenters. The van der Waals surface area contributed by atoms with E-state index < -0.39 is 0 Å². The average molecular weight is 325 g/mol. The number of thiocarbonyl (C=S) groups is 1. The fraction of sp³-hybridized carbons (Fsp3) is 0.133. The summed E-state index contributed by atoms with van der Waals surface area (Å²) in [7, 11) is 0. The lowest BCUT2D eigenvalue weighted by Crippen LogP contribution is -2.27. The van der Waals surface area contributed by atoms with Crippen LogP contribution in [0.2, 0.25) is 10.0 Å². The molecule has 20 heavy (non-hydrogen) atoms. The van der Waals surface area contributed by atoms with E-state index in [1.165, 1.54) is 11.1 Å². The first kappa shape index (κ1) is 15.1. The van der Waals surface area contributed by atoms with E-state index in [-0.39, 0.29) is 0 Å². The van der Waals surface area contributed by atoms with Gasteiger partial charge in [0.25, 0.3) is 0 Å². The number of nitrogens with one attached hydrogen (secondary N) is 2. The lowest BCUT2D eigenvalue weighted by Gasteiger charge is -2.11.